The predicted molar refractivity (Wildman–Crippen MR) is 81.0 cm³/mol. The number of nitrogens with one attached hydrogen (secondary N) is 1. The predicted octanol–water partition coefficient (Wildman–Crippen LogP) is 1.97. The maximum absolute atomic E-state index is 4.34. The van der Waals surface area contributed by atoms with Crippen molar-refractivity contribution in [3.63, 3.8) is 0 Å². The van der Waals surface area contributed by atoms with Crippen molar-refractivity contribution in [2.45, 2.75) is 39.7 Å². The van der Waals surface area contributed by atoms with Crippen molar-refractivity contribution in [3.8, 4) is 0 Å². The molecule has 2 aromatic heterocycles. The van der Waals surface area contributed by atoms with Crippen LogP contribution in [0.4, 0.5) is 5.82 Å². The molecule has 0 aliphatic rings. The molecular weight excluding hydrogens is 252 g/mol. The molecule has 2 heterocycles. The molecule has 0 atom stereocenters. The Hall–Kier alpha value is -1.69. The quantitative estimate of drug-likeness (QED) is 0.783. The summed E-state index contributed by atoms with van der Waals surface area (Å²) in [5, 5.41) is 11.6. The van der Waals surface area contributed by atoms with Crippen LogP contribution in [0.15, 0.2) is 12.4 Å². The van der Waals surface area contributed by atoms with E-state index in [-0.39, 0.29) is 0 Å². The van der Waals surface area contributed by atoms with Crippen molar-refractivity contribution in [3.05, 3.63) is 18.2 Å². The van der Waals surface area contributed by atoms with Crippen molar-refractivity contribution in [2.75, 3.05) is 25.5 Å². The maximum Gasteiger partial charge on any atom is 0.203 e. The van der Waals surface area contributed by atoms with Crippen LogP contribution in [0.25, 0.3) is 5.65 Å². The summed E-state index contributed by atoms with van der Waals surface area (Å²) in [6.45, 7) is 8.41. The van der Waals surface area contributed by atoms with E-state index in [1.807, 2.05) is 17.5 Å². The number of aryl methyl sites for hydroxylation is 1. The van der Waals surface area contributed by atoms with E-state index < -0.39 is 0 Å². The highest BCUT2D eigenvalue weighted by Crippen LogP contribution is 2.11. The lowest BCUT2D eigenvalue weighted by atomic mass is 10.2. The van der Waals surface area contributed by atoms with Gasteiger partial charge in [0.05, 0.1) is 0 Å². The SMILES string of the molecule is Cc1nnc2c(NCCCCN(C)C(C)C)nccn12. The normalized spacial score (nSPS) is 11.7. The molecule has 6 heteroatoms. The van der Waals surface area contributed by atoms with Gasteiger partial charge in [0.15, 0.2) is 5.82 Å². The fourth-order valence-electron chi connectivity index (χ4n) is 2.02. The van der Waals surface area contributed by atoms with Crippen molar-refractivity contribution < 1.29 is 0 Å². The molecule has 0 aliphatic heterocycles. The van der Waals surface area contributed by atoms with E-state index in [0.717, 1.165) is 36.8 Å². The summed E-state index contributed by atoms with van der Waals surface area (Å²) < 4.78 is 1.95. The fourth-order valence-corrected chi connectivity index (χ4v) is 2.02. The Balaban J connectivity index is 1.82. The fraction of sp³-hybridized carbons (Fsp3) is 0.643. The van der Waals surface area contributed by atoms with Crippen molar-refractivity contribution >= 4 is 11.5 Å². The first-order valence-corrected chi connectivity index (χ1v) is 7.20. The molecule has 6 nitrogen and oxygen atoms in total. The standard InChI is InChI=1S/C14H24N6/c1-11(2)19(4)9-6-5-7-15-13-14-18-17-12(3)20(14)10-8-16-13/h8,10-11H,5-7,9H2,1-4H3,(H,15,16). The average Bonchev–Trinajstić information content (AvgIpc) is 2.81. The van der Waals surface area contributed by atoms with Gasteiger partial charge in [-0.1, -0.05) is 0 Å². The van der Waals surface area contributed by atoms with Crippen LogP contribution < -0.4 is 5.32 Å². The Bertz CT molecular complexity index is 548. The van der Waals surface area contributed by atoms with Gasteiger partial charge in [0.1, 0.15) is 5.82 Å². The van der Waals surface area contributed by atoms with Crippen LogP contribution in [-0.2, 0) is 0 Å². The lowest BCUT2D eigenvalue weighted by molar-refractivity contribution is 0.269. The van der Waals surface area contributed by atoms with Crippen LogP contribution in [0.2, 0.25) is 0 Å². The van der Waals surface area contributed by atoms with Gasteiger partial charge < -0.3 is 10.2 Å². The zero-order valence-electron chi connectivity index (χ0n) is 12.8. The van der Waals surface area contributed by atoms with Gasteiger partial charge >= 0.3 is 0 Å². The third-order valence-electron chi connectivity index (χ3n) is 3.61. The van der Waals surface area contributed by atoms with Crippen LogP contribution in [0, 0.1) is 6.92 Å². The highest BCUT2D eigenvalue weighted by atomic mass is 15.3. The largest absolute Gasteiger partial charge is 0.367 e. The molecule has 0 aliphatic carbocycles. The second kappa shape index (κ2) is 6.65. The van der Waals surface area contributed by atoms with Gasteiger partial charge in [-0.3, -0.25) is 4.40 Å². The Morgan fingerprint density at radius 3 is 2.85 bits per heavy atom. The van der Waals surface area contributed by atoms with E-state index in [1.165, 1.54) is 6.42 Å². The third-order valence-corrected chi connectivity index (χ3v) is 3.61. The molecule has 0 amide bonds. The highest BCUT2D eigenvalue weighted by molar-refractivity contribution is 5.61. The minimum Gasteiger partial charge on any atom is -0.367 e. The molecule has 0 radical (unpaired) electrons. The summed E-state index contributed by atoms with van der Waals surface area (Å²) in [6, 6.07) is 0.609. The first-order valence-electron chi connectivity index (χ1n) is 7.20. The van der Waals surface area contributed by atoms with E-state index in [9.17, 15) is 0 Å². The minimum absolute atomic E-state index is 0.609. The Morgan fingerprint density at radius 2 is 2.10 bits per heavy atom. The van der Waals surface area contributed by atoms with Gasteiger partial charge in [-0.25, -0.2) is 4.98 Å². The van der Waals surface area contributed by atoms with Crippen LogP contribution in [0.1, 0.15) is 32.5 Å². The van der Waals surface area contributed by atoms with Gasteiger partial charge in [-0.15, -0.1) is 10.2 Å². The second-order valence-electron chi connectivity index (χ2n) is 5.42. The lowest BCUT2D eigenvalue weighted by Crippen LogP contribution is -2.27. The number of hydrogen-bond acceptors (Lipinski definition) is 5. The Labute approximate surface area is 120 Å². The molecule has 0 unspecified atom stereocenters. The molecule has 0 saturated heterocycles. The molecule has 0 aromatic carbocycles. The maximum atomic E-state index is 4.34. The molecule has 1 N–H and O–H groups in total. The molecule has 0 fully saturated rings. The van der Waals surface area contributed by atoms with E-state index >= 15 is 0 Å². The second-order valence-corrected chi connectivity index (χ2v) is 5.42. The van der Waals surface area contributed by atoms with E-state index in [0.29, 0.717) is 6.04 Å². The lowest BCUT2D eigenvalue weighted by Gasteiger charge is -2.20. The number of anilines is 1. The van der Waals surface area contributed by atoms with E-state index in [4.69, 9.17) is 0 Å². The first-order chi connectivity index (χ1) is 9.59. The van der Waals surface area contributed by atoms with E-state index in [2.05, 4.69) is 46.3 Å². The van der Waals surface area contributed by atoms with Crippen LogP contribution in [0.3, 0.4) is 0 Å². The molecule has 0 bridgehead atoms. The summed E-state index contributed by atoms with van der Waals surface area (Å²) in [5.74, 6) is 1.69. The summed E-state index contributed by atoms with van der Waals surface area (Å²) in [6.07, 6.45) is 5.95. The average molecular weight is 276 g/mol. The monoisotopic (exact) mass is 276 g/mol. The molecule has 2 rings (SSSR count). The number of rotatable bonds is 7. The van der Waals surface area contributed by atoms with Crippen LogP contribution >= 0.6 is 0 Å². The number of hydrogen-bond donors (Lipinski definition) is 1. The zero-order chi connectivity index (χ0) is 14.5. The van der Waals surface area contributed by atoms with Crippen molar-refractivity contribution in [1.82, 2.24) is 24.5 Å². The highest BCUT2D eigenvalue weighted by Gasteiger charge is 2.07. The molecular formula is C14H24N6. The van der Waals surface area contributed by atoms with Gasteiger partial charge in [-0.2, -0.15) is 0 Å². The smallest absolute Gasteiger partial charge is 0.203 e. The van der Waals surface area contributed by atoms with Crippen LogP contribution in [0.5, 0.6) is 0 Å². The number of unbranched alkanes of at least 4 members (excludes halogenated alkanes) is 1. The Morgan fingerprint density at radius 1 is 1.30 bits per heavy atom. The molecule has 110 valence electrons. The number of nitrogens with zero attached hydrogens (tertiary/aromatic N) is 5. The summed E-state index contributed by atoms with van der Waals surface area (Å²) in [7, 11) is 2.17. The third kappa shape index (κ3) is 3.45. The van der Waals surface area contributed by atoms with Gasteiger partial charge in [0, 0.05) is 25.0 Å². The topological polar surface area (TPSA) is 58.4 Å². The number of aromatic nitrogens is 4. The number of fused-ring (bicyclic) bond motifs is 1. The minimum atomic E-state index is 0.609. The first kappa shape index (κ1) is 14.7. The molecule has 2 aromatic rings. The summed E-state index contributed by atoms with van der Waals surface area (Å²) in [4.78, 5) is 6.70. The summed E-state index contributed by atoms with van der Waals surface area (Å²) >= 11 is 0. The van der Waals surface area contributed by atoms with Crippen LogP contribution in [-0.4, -0.2) is 50.7 Å². The molecule has 0 spiro atoms. The molecule has 0 saturated carbocycles. The van der Waals surface area contributed by atoms with Crippen molar-refractivity contribution in [2.24, 2.45) is 0 Å². The van der Waals surface area contributed by atoms with Gasteiger partial charge in [0.2, 0.25) is 5.65 Å². The van der Waals surface area contributed by atoms with Gasteiger partial charge in [0.25, 0.3) is 0 Å². The Kier molecular flexibility index (Phi) is 4.89. The molecule has 20 heavy (non-hydrogen) atoms. The van der Waals surface area contributed by atoms with Gasteiger partial charge in [-0.05, 0) is 47.2 Å². The zero-order valence-corrected chi connectivity index (χ0v) is 12.8. The summed E-state index contributed by atoms with van der Waals surface area (Å²) in [5.41, 5.74) is 0.796. The van der Waals surface area contributed by atoms with E-state index in [1.54, 1.807) is 6.20 Å². The van der Waals surface area contributed by atoms with Crippen molar-refractivity contribution in [1.29, 1.82) is 0 Å².